The normalized spacial score (nSPS) is 14.9. The molecule has 24 heavy (non-hydrogen) atoms. The molecule has 0 atom stereocenters. The fraction of sp³-hybridized carbons (Fsp3) is 0.294. The first-order chi connectivity index (χ1) is 11.4. The Balaban J connectivity index is 1.77. The lowest BCUT2D eigenvalue weighted by Gasteiger charge is -2.25. The van der Waals surface area contributed by atoms with Gasteiger partial charge in [-0.2, -0.15) is 0 Å². The maximum Gasteiger partial charge on any atom is 0.407 e. The van der Waals surface area contributed by atoms with Gasteiger partial charge in [0, 0.05) is 18.3 Å². The molecule has 1 aliphatic rings. The first-order valence-electron chi connectivity index (χ1n) is 7.52. The molecule has 0 aliphatic heterocycles. The Morgan fingerprint density at radius 2 is 2.08 bits per heavy atom. The van der Waals surface area contributed by atoms with E-state index in [1.165, 1.54) is 4.90 Å². The third-order valence-corrected chi connectivity index (χ3v) is 4.67. The lowest BCUT2D eigenvalue weighted by atomic mass is 10.1. The van der Waals surface area contributed by atoms with Crippen LogP contribution in [0.25, 0.3) is 11.1 Å². The summed E-state index contributed by atoms with van der Waals surface area (Å²) in [5.74, 6) is 0.552. The highest BCUT2D eigenvalue weighted by molar-refractivity contribution is 6.32. The van der Waals surface area contributed by atoms with E-state index in [4.69, 9.17) is 27.2 Å². The number of amides is 1. The van der Waals surface area contributed by atoms with Crippen LogP contribution in [0.5, 0.6) is 5.75 Å². The Morgan fingerprint density at radius 3 is 2.67 bits per heavy atom. The number of carboxylic acid groups (broad SMARTS) is 1. The second-order valence-corrected chi connectivity index (χ2v) is 6.34. The average molecular weight is 348 g/mol. The van der Waals surface area contributed by atoms with E-state index in [1.54, 1.807) is 31.4 Å². The third-order valence-electron chi connectivity index (χ3n) is 4.37. The van der Waals surface area contributed by atoms with Crippen molar-refractivity contribution in [1.82, 2.24) is 9.88 Å². The van der Waals surface area contributed by atoms with Crippen LogP contribution in [0.15, 0.2) is 36.5 Å². The lowest BCUT2D eigenvalue weighted by molar-refractivity contribution is 0.109. The largest absolute Gasteiger partial charge is 0.489 e. The van der Waals surface area contributed by atoms with E-state index in [2.05, 4.69) is 4.98 Å². The molecule has 1 aliphatic carbocycles. The minimum atomic E-state index is -0.951. The zero-order valence-electron chi connectivity index (χ0n) is 13.2. The number of aromatic nitrogens is 1. The van der Waals surface area contributed by atoms with Crippen LogP contribution >= 0.6 is 11.6 Å². The Bertz CT molecular complexity index is 760. The van der Waals surface area contributed by atoms with Gasteiger partial charge in [-0.1, -0.05) is 23.7 Å². The van der Waals surface area contributed by atoms with Gasteiger partial charge in [0.1, 0.15) is 17.5 Å². The fourth-order valence-electron chi connectivity index (χ4n) is 2.51. The van der Waals surface area contributed by atoms with E-state index < -0.39 is 11.6 Å². The third kappa shape index (κ3) is 3.23. The van der Waals surface area contributed by atoms with Gasteiger partial charge >= 0.3 is 6.09 Å². The van der Waals surface area contributed by atoms with Gasteiger partial charge in [0.05, 0.1) is 11.7 Å². The quantitative estimate of drug-likeness (QED) is 0.638. The zero-order valence-corrected chi connectivity index (χ0v) is 14.0. The van der Waals surface area contributed by atoms with Crippen molar-refractivity contribution in [3.05, 3.63) is 41.7 Å². The highest BCUT2D eigenvalue weighted by atomic mass is 35.5. The maximum atomic E-state index is 11.1. The van der Waals surface area contributed by atoms with Crippen LogP contribution in [0, 0.1) is 0 Å². The molecule has 126 valence electrons. The van der Waals surface area contributed by atoms with Crippen molar-refractivity contribution < 1.29 is 14.6 Å². The van der Waals surface area contributed by atoms with Gasteiger partial charge in [0.15, 0.2) is 0 Å². The predicted molar refractivity (Wildman–Crippen MR) is 92.3 cm³/mol. The fourth-order valence-corrected chi connectivity index (χ4v) is 2.73. The highest BCUT2D eigenvalue weighted by Crippen LogP contribution is 2.41. The van der Waals surface area contributed by atoms with Gasteiger partial charge in [-0.3, -0.25) is 0 Å². The highest BCUT2D eigenvalue weighted by Gasteiger charge is 2.49. The van der Waals surface area contributed by atoms with Gasteiger partial charge in [0.25, 0.3) is 0 Å². The monoisotopic (exact) mass is 347 g/mol. The van der Waals surface area contributed by atoms with Crippen molar-refractivity contribution in [2.24, 2.45) is 0 Å². The van der Waals surface area contributed by atoms with E-state index in [1.807, 2.05) is 12.1 Å². The van der Waals surface area contributed by atoms with Crippen LogP contribution in [0.3, 0.4) is 0 Å². The minimum absolute atomic E-state index is 0.292. The second-order valence-electron chi connectivity index (χ2n) is 5.99. The zero-order chi connectivity index (χ0) is 17.3. The number of likely N-dealkylation sites (N-methyl/N-ethyl adjacent to an activating group) is 1. The number of ether oxygens (including phenoxy) is 1. The minimum Gasteiger partial charge on any atom is -0.489 e. The number of nitrogens with zero attached hydrogens (tertiary/aromatic N) is 2. The number of pyridine rings is 1. The number of nitrogen functional groups attached to an aromatic ring is 1. The molecule has 2 aromatic rings. The predicted octanol–water partition coefficient (Wildman–Crippen LogP) is 3.51. The number of benzene rings is 1. The number of carbonyl (C=O) groups is 1. The number of anilines is 1. The van der Waals surface area contributed by atoms with Crippen molar-refractivity contribution in [2.75, 3.05) is 19.4 Å². The molecule has 6 nitrogen and oxygen atoms in total. The molecule has 0 unspecified atom stereocenters. The summed E-state index contributed by atoms with van der Waals surface area (Å²) >= 11 is 6.18. The summed E-state index contributed by atoms with van der Waals surface area (Å²) in [6.07, 6.45) is 2.18. The van der Waals surface area contributed by atoms with Gasteiger partial charge in [0.2, 0.25) is 0 Å². The number of hydrogen-bond acceptors (Lipinski definition) is 4. The van der Waals surface area contributed by atoms with E-state index in [0.717, 1.165) is 24.0 Å². The lowest BCUT2D eigenvalue weighted by Crippen LogP contribution is -2.42. The molecule has 0 saturated heterocycles. The first-order valence-corrected chi connectivity index (χ1v) is 7.90. The molecule has 3 rings (SSSR count). The Labute approximate surface area is 144 Å². The summed E-state index contributed by atoms with van der Waals surface area (Å²) in [6, 6.07) is 9.11. The molecule has 7 heteroatoms. The summed E-state index contributed by atoms with van der Waals surface area (Å²) in [5.41, 5.74) is 7.56. The molecule has 0 radical (unpaired) electrons. The van der Waals surface area contributed by atoms with Crippen LogP contribution in [0.1, 0.15) is 12.8 Å². The van der Waals surface area contributed by atoms with Crippen molar-refractivity contribution in [1.29, 1.82) is 0 Å². The van der Waals surface area contributed by atoms with Crippen molar-refractivity contribution in [2.45, 2.75) is 18.4 Å². The standard InChI is InChI=1S/C17H18ClN3O3/c1-21(16(22)23)17(6-7-17)10-24-13-8-14(15(18)20-9-13)11-2-4-12(19)5-3-11/h2-5,8-9H,6-7,10,19H2,1H3,(H,22,23). The van der Waals surface area contributed by atoms with E-state index in [0.29, 0.717) is 23.2 Å². The molecule has 1 saturated carbocycles. The van der Waals surface area contributed by atoms with Crippen molar-refractivity contribution in [3.63, 3.8) is 0 Å². The Morgan fingerprint density at radius 1 is 1.42 bits per heavy atom. The van der Waals surface area contributed by atoms with Gasteiger partial charge in [-0.15, -0.1) is 0 Å². The number of rotatable bonds is 5. The molecular weight excluding hydrogens is 330 g/mol. The molecule has 0 spiro atoms. The van der Waals surface area contributed by atoms with Crippen molar-refractivity contribution >= 4 is 23.4 Å². The summed E-state index contributed by atoms with van der Waals surface area (Å²) in [7, 11) is 1.57. The summed E-state index contributed by atoms with van der Waals surface area (Å²) in [4.78, 5) is 16.6. The molecule has 3 N–H and O–H groups in total. The molecule has 0 bridgehead atoms. The number of halogens is 1. The number of hydrogen-bond donors (Lipinski definition) is 2. The van der Waals surface area contributed by atoms with Crippen molar-refractivity contribution in [3.8, 4) is 16.9 Å². The van der Waals surface area contributed by atoms with Gasteiger partial charge in [-0.05, 0) is 36.6 Å². The molecule has 1 aromatic heterocycles. The summed E-state index contributed by atoms with van der Waals surface area (Å²) < 4.78 is 5.79. The van der Waals surface area contributed by atoms with E-state index in [9.17, 15) is 4.79 Å². The maximum absolute atomic E-state index is 11.1. The second kappa shape index (κ2) is 6.20. The summed E-state index contributed by atoms with van der Waals surface area (Å²) in [5, 5.41) is 9.51. The molecule has 1 aromatic carbocycles. The van der Waals surface area contributed by atoms with E-state index in [-0.39, 0.29) is 0 Å². The Hall–Kier alpha value is -2.47. The van der Waals surface area contributed by atoms with Crippen LogP contribution in [-0.4, -0.2) is 40.3 Å². The van der Waals surface area contributed by atoms with Gasteiger partial charge in [-0.25, -0.2) is 9.78 Å². The van der Waals surface area contributed by atoms with Gasteiger partial charge < -0.3 is 20.5 Å². The Kier molecular flexibility index (Phi) is 4.24. The first kappa shape index (κ1) is 16.4. The topological polar surface area (TPSA) is 88.7 Å². The summed E-state index contributed by atoms with van der Waals surface area (Å²) in [6.45, 7) is 0.292. The van der Waals surface area contributed by atoms with E-state index >= 15 is 0 Å². The van der Waals surface area contributed by atoms with Crippen LogP contribution < -0.4 is 10.5 Å². The molecule has 1 heterocycles. The van der Waals surface area contributed by atoms with Crippen LogP contribution in [0.4, 0.5) is 10.5 Å². The van der Waals surface area contributed by atoms with Crippen LogP contribution in [0.2, 0.25) is 5.15 Å². The smallest absolute Gasteiger partial charge is 0.407 e. The van der Waals surface area contributed by atoms with Crippen LogP contribution in [-0.2, 0) is 0 Å². The molecular formula is C17H18ClN3O3. The average Bonchev–Trinajstić information content (AvgIpc) is 3.35. The molecule has 1 fully saturated rings. The SMILES string of the molecule is CN(C(=O)O)C1(COc2cnc(Cl)c(-c3ccc(N)cc3)c2)CC1. The number of nitrogens with two attached hydrogens (primary N) is 1. The molecule has 1 amide bonds.